The number of nitrogens with one attached hydrogen (secondary N) is 1. The summed E-state index contributed by atoms with van der Waals surface area (Å²) in [7, 11) is 0. The van der Waals surface area contributed by atoms with Crippen LogP contribution in [0.15, 0.2) is 18.2 Å². The molecule has 0 spiro atoms. The zero-order valence-electron chi connectivity index (χ0n) is 8.97. The van der Waals surface area contributed by atoms with Gasteiger partial charge in [0, 0.05) is 11.6 Å². The molecule has 0 saturated heterocycles. The number of phenolic OH excluding ortho intramolecular Hbond substituents is 2. The molecule has 0 heterocycles. The number of Topliss-reactive ketones (excluding diaryl/α,β-unsaturated/α-hetero) is 1. The zero-order valence-corrected chi connectivity index (χ0v) is 8.97. The van der Waals surface area contributed by atoms with E-state index < -0.39 is 0 Å². The fourth-order valence-electron chi connectivity index (χ4n) is 1.13. The van der Waals surface area contributed by atoms with Gasteiger partial charge in [-0.3, -0.25) is 4.79 Å². The molecule has 0 saturated carbocycles. The molecular formula is C11H15NO4. The molecule has 1 unspecified atom stereocenters. The summed E-state index contributed by atoms with van der Waals surface area (Å²) in [4.78, 5) is 11.6. The van der Waals surface area contributed by atoms with E-state index in [0.717, 1.165) is 0 Å². The zero-order chi connectivity index (χ0) is 12.1. The second-order valence-corrected chi connectivity index (χ2v) is 3.59. The maximum Gasteiger partial charge on any atom is 0.176 e. The van der Waals surface area contributed by atoms with Crippen molar-refractivity contribution in [3.05, 3.63) is 23.8 Å². The van der Waals surface area contributed by atoms with Crippen molar-refractivity contribution in [2.45, 2.75) is 13.0 Å². The summed E-state index contributed by atoms with van der Waals surface area (Å²) in [6.45, 7) is 1.78. The largest absolute Gasteiger partial charge is 0.504 e. The summed E-state index contributed by atoms with van der Waals surface area (Å²) in [5.41, 5.74) is 0.313. The average molecular weight is 225 g/mol. The van der Waals surface area contributed by atoms with E-state index in [4.69, 9.17) is 10.2 Å². The Labute approximate surface area is 93.4 Å². The standard InChI is InChI=1S/C11H15NO4/c1-7(6-13)12-5-11(16)8-2-3-9(14)10(15)4-8/h2-4,7,12-15H,5-6H2,1H3. The average Bonchev–Trinajstić information content (AvgIpc) is 2.29. The first-order chi connectivity index (χ1) is 7.54. The highest BCUT2D eigenvalue weighted by Crippen LogP contribution is 2.24. The van der Waals surface area contributed by atoms with Gasteiger partial charge in [-0.25, -0.2) is 0 Å². The first kappa shape index (κ1) is 12.5. The number of aliphatic hydroxyl groups is 1. The normalized spacial score (nSPS) is 12.4. The summed E-state index contributed by atoms with van der Waals surface area (Å²) >= 11 is 0. The van der Waals surface area contributed by atoms with Gasteiger partial charge in [-0.1, -0.05) is 0 Å². The Kier molecular flexibility index (Phi) is 4.28. The van der Waals surface area contributed by atoms with Gasteiger partial charge in [-0.05, 0) is 25.1 Å². The molecular weight excluding hydrogens is 210 g/mol. The van der Waals surface area contributed by atoms with Gasteiger partial charge in [0.25, 0.3) is 0 Å². The third kappa shape index (κ3) is 3.22. The Hall–Kier alpha value is -1.59. The fourth-order valence-corrected chi connectivity index (χ4v) is 1.13. The first-order valence-corrected chi connectivity index (χ1v) is 4.94. The molecule has 1 rings (SSSR count). The maximum absolute atomic E-state index is 11.6. The van der Waals surface area contributed by atoms with E-state index in [-0.39, 0.29) is 36.5 Å². The van der Waals surface area contributed by atoms with Crippen LogP contribution in [0.5, 0.6) is 11.5 Å². The summed E-state index contributed by atoms with van der Waals surface area (Å²) in [5, 5.41) is 29.9. The third-order valence-corrected chi connectivity index (χ3v) is 2.18. The summed E-state index contributed by atoms with van der Waals surface area (Å²) in [6, 6.07) is 3.75. The smallest absolute Gasteiger partial charge is 0.176 e. The molecule has 88 valence electrons. The van der Waals surface area contributed by atoms with E-state index in [1.807, 2.05) is 0 Å². The molecule has 0 aliphatic carbocycles. The lowest BCUT2D eigenvalue weighted by molar-refractivity contribution is 0.0983. The van der Waals surface area contributed by atoms with Gasteiger partial charge < -0.3 is 20.6 Å². The highest BCUT2D eigenvalue weighted by Gasteiger charge is 2.09. The minimum atomic E-state index is -0.318. The highest BCUT2D eigenvalue weighted by molar-refractivity contribution is 5.98. The Balaban J connectivity index is 2.63. The molecule has 0 aliphatic rings. The molecule has 4 N–H and O–H groups in total. The number of carbonyl (C=O) groups is 1. The molecule has 0 bridgehead atoms. The summed E-state index contributed by atoms with van der Waals surface area (Å²) in [5.74, 6) is -0.787. The topological polar surface area (TPSA) is 89.8 Å². The van der Waals surface area contributed by atoms with Crippen molar-refractivity contribution in [1.29, 1.82) is 0 Å². The number of carbonyl (C=O) groups excluding carboxylic acids is 1. The van der Waals surface area contributed by atoms with E-state index in [9.17, 15) is 9.90 Å². The van der Waals surface area contributed by atoms with Gasteiger partial charge in [-0.2, -0.15) is 0 Å². The SMILES string of the molecule is CC(CO)NCC(=O)c1ccc(O)c(O)c1. The molecule has 0 aromatic heterocycles. The quantitative estimate of drug-likeness (QED) is 0.426. The lowest BCUT2D eigenvalue weighted by atomic mass is 10.1. The minimum Gasteiger partial charge on any atom is -0.504 e. The Bertz CT molecular complexity index is 378. The van der Waals surface area contributed by atoms with Crippen molar-refractivity contribution in [2.24, 2.45) is 0 Å². The molecule has 0 aliphatic heterocycles. The van der Waals surface area contributed by atoms with Crippen LogP contribution in [-0.4, -0.2) is 40.3 Å². The van der Waals surface area contributed by atoms with Crippen LogP contribution in [0, 0.1) is 0 Å². The van der Waals surface area contributed by atoms with E-state index in [2.05, 4.69) is 5.32 Å². The fraction of sp³-hybridized carbons (Fsp3) is 0.364. The number of benzene rings is 1. The van der Waals surface area contributed by atoms with Crippen LogP contribution in [-0.2, 0) is 0 Å². The van der Waals surface area contributed by atoms with Crippen molar-refractivity contribution in [1.82, 2.24) is 5.32 Å². The molecule has 1 aromatic carbocycles. The van der Waals surface area contributed by atoms with E-state index in [0.29, 0.717) is 5.56 Å². The summed E-state index contributed by atoms with van der Waals surface area (Å²) in [6.07, 6.45) is 0. The molecule has 0 radical (unpaired) electrons. The number of ketones is 1. The molecule has 0 fully saturated rings. The van der Waals surface area contributed by atoms with Crippen molar-refractivity contribution in [2.75, 3.05) is 13.2 Å². The third-order valence-electron chi connectivity index (χ3n) is 2.18. The highest BCUT2D eigenvalue weighted by atomic mass is 16.3. The molecule has 5 nitrogen and oxygen atoms in total. The molecule has 1 atom stereocenters. The monoisotopic (exact) mass is 225 g/mol. The molecule has 5 heteroatoms. The molecule has 16 heavy (non-hydrogen) atoms. The Morgan fingerprint density at radius 1 is 1.38 bits per heavy atom. The number of aliphatic hydroxyl groups excluding tert-OH is 1. The van der Waals surface area contributed by atoms with Crippen LogP contribution in [0.1, 0.15) is 17.3 Å². The van der Waals surface area contributed by atoms with Crippen LogP contribution < -0.4 is 5.32 Å². The second-order valence-electron chi connectivity index (χ2n) is 3.59. The second kappa shape index (κ2) is 5.48. The van der Waals surface area contributed by atoms with Crippen molar-refractivity contribution in [3.8, 4) is 11.5 Å². The van der Waals surface area contributed by atoms with Gasteiger partial charge in [0.2, 0.25) is 0 Å². The molecule has 1 aromatic rings. The number of rotatable bonds is 5. The molecule has 0 amide bonds. The van der Waals surface area contributed by atoms with Crippen molar-refractivity contribution >= 4 is 5.78 Å². The number of hydrogen-bond acceptors (Lipinski definition) is 5. The Morgan fingerprint density at radius 2 is 2.06 bits per heavy atom. The van der Waals surface area contributed by atoms with Gasteiger partial charge in [-0.15, -0.1) is 0 Å². The van der Waals surface area contributed by atoms with Crippen LogP contribution in [0.25, 0.3) is 0 Å². The van der Waals surface area contributed by atoms with Crippen molar-refractivity contribution in [3.63, 3.8) is 0 Å². The van der Waals surface area contributed by atoms with Crippen molar-refractivity contribution < 1.29 is 20.1 Å². The number of hydrogen-bond donors (Lipinski definition) is 4. The van der Waals surface area contributed by atoms with E-state index in [1.165, 1.54) is 18.2 Å². The van der Waals surface area contributed by atoms with Gasteiger partial charge in [0.1, 0.15) is 0 Å². The maximum atomic E-state index is 11.6. The number of aromatic hydroxyl groups is 2. The van der Waals surface area contributed by atoms with Crippen LogP contribution >= 0.6 is 0 Å². The first-order valence-electron chi connectivity index (χ1n) is 4.94. The van der Waals surface area contributed by atoms with Crippen LogP contribution in [0.4, 0.5) is 0 Å². The van der Waals surface area contributed by atoms with Crippen LogP contribution in [0.3, 0.4) is 0 Å². The van der Waals surface area contributed by atoms with Gasteiger partial charge in [0.05, 0.1) is 13.2 Å². The van der Waals surface area contributed by atoms with Gasteiger partial charge >= 0.3 is 0 Å². The minimum absolute atomic E-state index is 0.0475. The van der Waals surface area contributed by atoms with Gasteiger partial charge in [0.15, 0.2) is 17.3 Å². The summed E-state index contributed by atoms with van der Waals surface area (Å²) < 4.78 is 0. The predicted molar refractivity (Wildman–Crippen MR) is 58.7 cm³/mol. The van der Waals surface area contributed by atoms with E-state index in [1.54, 1.807) is 6.92 Å². The van der Waals surface area contributed by atoms with Crippen LogP contribution in [0.2, 0.25) is 0 Å². The lowest BCUT2D eigenvalue weighted by Crippen LogP contribution is -2.33. The van der Waals surface area contributed by atoms with E-state index >= 15 is 0 Å². The lowest BCUT2D eigenvalue weighted by Gasteiger charge is -2.09. The predicted octanol–water partition coefficient (Wildman–Crippen LogP) is 0.251. The number of phenols is 2. The Morgan fingerprint density at radius 3 is 2.62 bits per heavy atom.